The van der Waals surface area contributed by atoms with Gasteiger partial charge >= 0.3 is 5.63 Å². The van der Waals surface area contributed by atoms with E-state index in [2.05, 4.69) is 15.5 Å². The molecule has 9 heteroatoms. The molecule has 1 atom stereocenters. The van der Waals surface area contributed by atoms with Gasteiger partial charge in [0.1, 0.15) is 17.2 Å². The van der Waals surface area contributed by atoms with Gasteiger partial charge in [-0.05, 0) is 61.1 Å². The monoisotopic (exact) mass is 495 g/mol. The highest BCUT2D eigenvalue weighted by Crippen LogP contribution is 2.39. The van der Waals surface area contributed by atoms with Crippen molar-refractivity contribution in [3.63, 3.8) is 0 Å². The lowest BCUT2D eigenvalue weighted by Crippen LogP contribution is -2.49. The number of benzene rings is 2. The highest BCUT2D eigenvalue weighted by molar-refractivity contribution is 6.30. The molecule has 2 aliphatic heterocycles. The van der Waals surface area contributed by atoms with E-state index < -0.39 is 30.1 Å². The minimum Gasteiger partial charge on any atom is -0.422 e. The Morgan fingerprint density at radius 2 is 1.86 bits per heavy atom. The zero-order valence-corrected chi connectivity index (χ0v) is 19.9. The Hall–Kier alpha value is -3.36. The molecule has 0 fully saturated rings. The van der Waals surface area contributed by atoms with Crippen molar-refractivity contribution in [3.8, 4) is 0 Å². The van der Waals surface area contributed by atoms with Gasteiger partial charge in [-0.1, -0.05) is 23.7 Å². The second-order valence-corrected chi connectivity index (χ2v) is 9.41. The number of carbonyl (C=O) groups is 2. The number of hydrogen-bond acceptors (Lipinski definition) is 6. The van der Waals surface area contributed by atoms with E-state index in [1.54, 1.807) is 24.3 Å². The maximum absolute atomic E-state index is 12.9. The van der Waals surface area contributed by atoms with Crippen molar-refractivity contribution in [1.82, 2.24) is 10.6 Å². The highest BCUT2D eigenvalue weighted by Gasteiger charge is 2.28. The highest BCUT2D eigenvalue weighted by atomic mass is 35.5. The van der Waals surface area contributed by atoms with Gasteiger partial charge in [0.2, 0.25) is 5.91 Å². The smallest absolute Gasteiger partial charge is 0.349 e. The van der Waals surface area contributed by atoms with Crippen LogP contribution in [0.5, 0.6) is 0 Å². The predicted molar refractivity (Wildman–Crippen MR) is 133 cm³/mol. The van der Waals surface area contributed by atoms with Gasteiger partial charge in [0, 0.05) is 41.3 Å². The number of aryl methyl sites for hydroxylation is 2. The fourth-order valence-electron chi connectivity index (χ4n) is 4.95. The Balaban J connectivity index is 1.36. The van der Waals surface area contributed by atoms with Crippen LogP contribution in [0.2, 0.25) is 5.02 Å². The third kappa shape index (κ3) is 4.63. The van der Waals surface area contributed by atoms with Crippen LogP contribution in [0.15, 0.2) is 45.6 Å². The molecule has 2 amide bonds. The summed E-state index contributed by atoms with van der Waals surface area (Å²) in [4.78, 5) is 40.6. The second-order valence-electron chi connectivity index (χ2n) is 8.98. The van der Waals surface area contributed by atoms with Crippen LogP contribution in [0.25, 0.3) is 11.0 Å². The van der Waals surface area contributed by atoms with Crippen LogP contribution < -0.4 is 21.2 Å². The molecule has 0 bridgehead atoms. The molecule has 3 aromatic rings. The van der Waals surface area contributed by atoms with Crippen molar-refractivity contribution < 1.29 is 19.1 Å². The third-order valence-corrected chi connectivity index (χ3v) is 6.90. The number of hydrogen-bond donors (Lipinski definition) is 3. The Bertz CT molecular complexity index is 1350. The molecule has 1 aromatic heterocycles. The van der Waals surface area contributed by atoms with E-state index in [9.17, 15) is 19.5 Å². The summed E-state index contributed by atoms with van der Waals surface area (Å²) in [5.74, 6) is -1.34. The summed E-state index contributed by atoms with van der Waals surface area (Å²) in [6.45, 7) is 1.58. The summed E-state index contributed by atoms with van der Waals surface area (Å²) >= 11 is 5.87. The number of aliphatic hydroxyl groups is 1. The van der Waals surface area contributed by atoms with E-state index in [1.165, 1.54) is 17.3 Å². The van der Waals surface area contributed by atoms with Gasteiger partial charge in [-0.15, -0.1) is 0 Å². The number of anilines is 1. The van der Waals surface area contributed by atoms with Crippen molar-refractivity contribution in [1.29, 1.82) is 0 Å². The van der Waals surface area contributed by atoms with Gasteiger partial charge in [-0.3, -0.25) is 9.59 Å². The molecular formula is C26H26ClN3O5. The van der Waals surface area contributed by atoms with E-state index in [0.717, 1.165) is 49.9 Å². The first-order valence-electron chi connectivity index (χ1n) is 11.8. The zero-order valence-electron chi connectivity index (χ0n) is 19.1. The Labute approximate surface area is 206 Å². The zero-order chi connectivity index (χ0) is 24.5. The molecule has 5 rings (SSSR count). The van der Waals surface area contributed by atoms with Crippen molar-refractivity contribution in [2.24, 2.45) is 0 Å². The Kier molecular flexibility index (Phi) is 6.49. The predicted octanol–water partition coefficient (Wildman–Crippen LogP) is 2.55. The van der Waals surface area contributed by atoms with E-state index in [4.69, 9.17) is 16.0 Å². The lowest BCUT2D eigenvalue weighted by atomic mass is 9.90. The molecule has 182 valence electrons. The molecule has 2 aromatic carbocycles. The largest absolute Gasteiger partial charge is 0.422 e. The van der Waals surface area contributed by atoms with Crippen molar-refractivity contribution >= 4 is 40.1 Å². The lowest BCUT2D eigenvalue weighted by Gasteiger charge is -2.37. The molecule has 1 unspecified atom stereocenters. The van der Waals surface area contributed by atoms with Crippen LogP contribution >= 0.6 is 11.6 Å². The van der Waals surface area contributed by atoms with E-state index in [1.807, 2.05) is 6.07 Å². The Morgan fingerprint density at radius 3 is 2.60 bits per heavy atom. The first kappa shape index (κ1) is 23.4. The molecule has 3 N–H and O–H groups in total. The molecule has 8 nitrogen and oxygen atoms in total. The maximum Gasteiger partial charge on any atom is 0.349 e. The number of nitrogens with one attached hydrogen (secondary N) is 2. The number of rotatable bonds is 6. The third-order valence-electron chi connectivity index (χ3n) is 6.64. The molecule has 0 aliphatic carbocycles. The number of carbonyl (C=O) groups excluding carboxylic acids is 2. The van der Waals surface area contributed by atoms with Crippen molar-refractivity contribution in [3.05, 3.63) is 74.1 Å². The van der Waals surface area contributed by atoms with Crippen LogP contribution in [-0.2, 0) is 24.2 Å². The Morgan fingerprint density at radius 1 is 1.11 bits per heavy atom. The van der Waals surface area contributed by atoms with Crippen molar-refractivity contribution in [2.45, 2.75) is 38.3 Å². The van der Waals surface area contributed by atoms with Crippen LogP contribution in [0.4, 0.5) is 5.69 Å². The average molecular weight is 496 g/mol. The molecule has 3 heterocycles. The van der Waals surface area contributed by atoms with Crippen LogP contribution in [0.1, 0.15) is 39.9 Å². The summed E-state index contributed by atoms with van der Waals surface area (Å²) in [5.41, 5.74) is 3.78. The van der Waals surface area contributed by atoms with E-state index in [0.29, 0.717) is 16.0 Å². The number of halogens is 1. The molecular weight excluding hydrogens is 470 g/mol. The standard InChI is InChI=1S/C26H26ClN3O5/c27-18-7-5-15(6-8-18)13-28-25(33)21(14-31)29-24(32)20-12-17-11-16-3-1-9-30-10-2-4-19(22(16)30)23(17)35-26(20)34/h5-8,11-12,21,31H,1-4,9-10,13-14H2,(H,28,33)(H,29,32). The van der Waals surface area contributed by atoms with Gasteiger partial charge in [0.05, 0.1) is 6.61 Å². The number of aliphatic hydroxyl groups excluding tert-OH is 1. The summed E-state index contributed by atoms with van der Waals surface area (Å²) in [6.07, 6.45) is 3.81. The van der Waals surface area contributed by atoms with Crippen LogP contribution in [0.3, 0.4) is 0 Å². The topological polar surface area (TPSA) is 112 Å². The molecule has 0 saturated heterocycles. The molecule has 35 heavy (non-hydrogen) atoms. The van der Waals surface area contributed by atoms with Gasteiger partial charge in [0.25, 0.3) is 5.91 Å². The van der Waals surface area contributed by atoms with Crippen LogP contribution in [-0.4, -0.2) is 42.7 Å². The minimum atomic E-state index is -1.22. The van der Waals surface area contributed by atoms with Crippen LogP contribution in [0, 0.1) is 0 Å². The minimum absolute atomic E-state index is 0.197. The molecule has 0 radical (unpaired) electrons. The fraction of sp³-hybridized carbons (Fsp3) is 0.346. The summed E-state index contributed by atoms with van der Waals surface area (Å²) in [7, 11) is 0. The lowest BCUT2D eigenvalue weighted by molar-refractivity contribution is -0.124. The summed E-state index contributed by atoms with van der Waals surface area (Å²) < 4.78 is 5.66. The van der Waals surface area contributed by atoms with Gasteiger partial charge in [0.15, 0.2) is 0 Å². The summed E-state index contributed by atoms with van der Waals surface area (Å²) in [5, 5.41) is 16.1. The number of amides is 2. The maximum atomic E-state index is 12.9. The number of fused-ring (bicyclic) bond motifs is 2. The average Bonchev–Trinajstić information content (AvgIpc) is 2.87. The van der Waals surface area contributed by atoms with Gasteiger partial charge in [-0.25, -0.2) is 4.79 Å². The first-order valence-corrected chi connectivity index (χ1v) is 12.1. The normalized spacial score (nSPS) is 15.4. The van der Waals surface area contributed by atoms with Gasteiger partial charge < -0.3 is 25.1 Å². The van der Waals surface area contributed by atoms with E-state index in [-0.39, 0.29) is 12.1 Å². The second kappa shape index (κ2) is 9.71. The van der Waals surface area contributed by atoms with E-state index >= 15 is 0 Å². The number of nitrogens with zero attached hydrogens (tertiary/aromatic N) is 1. The summed E-state index contributed by atoms with van der Waals surface area (Å²) in [6, 6.07) is 9.24. The molecule has 0 saturated carbocycles. The molecule has 2 aliphatic rings. The van der Waals surface area contributed by atoms with Crippen molar-refractivity contribution in [2.75, 3.05) is 24.6 Å². The molecule has 0 spiro atoms. The SMILES string of the molecule is O=C(NC(CO)C(=O)NCc1ccc(Cl)cc1)c1cc2cc3c4c(c2oc1=O)CCCN4CCC3. The van der Waals surface area contributed by atoms with Gasteiger partial charge in [-0.2, -0.15) is 0 Å². The quantitative estimate of drug-likeness (QED) is 0.453. The first-order chi connectivity index (χ1) is 16.9. The fourth-order valence-corrected chi connectivity index (χ4v) is 5.07.